The number of nitrogens with zero attached hydrogens (tertiary/aromatic N) is 1. The van der Waals surface area contributed by atoms with E-state index < -0.39 is 0 Å². The highest BCUT2D eigenvalue weighted by molar-refractivity contribution is 5.02. The van der Waals surface area contributed by atoms with Gasteiger partial charge in [0.25, 0.3) is 0 Å². The van der Waals surface area contributed by atoms with Crippen molar-refractivity contribution >= 4 is 0 Å². The highest BCUT2D eigenvalue weighted by Gasteiger charge is 2.51. The van der Waals surface area contributed by atoms with Gasteiger partial charge in [0, 0.05) is 12.6 Å². The molecule has 2 nitrogen and oxygen atoms in total. The lowest BCUT2D eigenvalue weighted by atomic mass is 9.49. The van der Waals surface area contributed by atoms with Gasteiger partial charge in [0.05, 0.1) is 6.61 Å². The Labute approximate surface area is 105 Å². The summed E-state index contributed by atoms with van der Waals surface area (Å²) in [6.45, 7) is 3.65. The molecule has 0 aromatic rings. The van der Waals surface area contributed by atoms with E-state index in [0.29, 0.717) is 18.1 Å². The lowest BCUT2D eigenvalue weighted by molar-refractivity contribution is -0.0719. The van der Waals surface area contributed by atoms with Crippen LogP contribution in [0.1, 0.15) is 45.4 Å². The number of rotatable bonds is 4. The molecular weight excluding hydrogens is 210 g/mol. The molecule has 0 heterocycles. The van der Waals surface area contributed by atoms with Gasteiger partial charge >= 0.3 is 0 Å². The van der Waals surface area contributed by atoms with E-state index in [-0.39, 0.29) is 0 Å². The third kappa shape index (κ3) is 2.15. The molecule has 98 valence electrons. The van der Waals surface area contributed by atoms with E-state index in [0.717, 1.165) is 17.8 Å². The van der Waals surface area contributed by atoms with E-state index >= 15 is 0 Å². The monoisotopic (exact) mass is 237 g/mol. The Morgan fingerprint density at radius 2 is 1.59 bits per heavy atom. The van der Waals surface area contributed by atoms with Gasteiger partial charge in [-0.15, -0.1) is 0 Å². The van der Waals surface area contributed by atoms with Crippen LogP contribution in [-0.4, -0.2) is 36.2 Å². The molecule has 0 aliphatic heterocycles. The van der Waals surface area contributed by atoms with Gasteiger partial charge in [-0.2, -0.15) is 0 Å². The zero-order valence-corrected chi connectivity index (χ0v) is 11.4. The molecule has 4 bridgehead atoms. The Hall–Kier alpha value is -0.0800. The van der Waals surface area contributed by atoms with E-state index in [9.17, 15) is 5.11 Å². The summed E-state index contributed by atoms with van der Waals surface area (Å²) in [6.07, 6.45) is 9.00. The fourth-order valence-electron chi connectivity index (χ4n) is 5.31. The molecule has 1 N–H and O–H groups in total. The van der Waals surface area contributed by atoms with Crippen LogP contribution < -0.4 is 0 Å². The van der Waals surface area contributed by atoms with Crippen molar-refractivity contribution in [3.05, 3.63) is 0 Å². The maximum atomic E-state index is 9.28. The van der Waals surface area contributed by atoms with Crippen molar-refractivity contribution in [2.45, 2.75) is 51.5 Å². The van der Waals surface area contributed by atoms with Gasteiger partial charge in [0.1, 0.15) is 0 Å². The molecule has 4 rings (SSSR count). The van der Waals surface area contributed by atoms with Crippen LogP contribution in [0, 0.1) is 23.2 Å². The summed E-state index contributed by atoms with van der Waals surface area (Å²) in [5.74, 6) is 3.12. The third-order valence-corrected chi connectivity index (χ3v) is 5.77. The smallest absolute Gasteiger partial charge is 0.0584 e. The molecule has 0 radical (unpaired) electrons. The second kappa shape index (κ2) is 4.24. The van der Waals surface area contributed by atoms with Gasteiger partial charge < -0.3 is 10.0 Å². The molecule has 0 saturated heterocycles. The van der Waals surface area contributed by atoms with Gasteiger partial charge in [-0.3, -0.25) is 0 Å². The summed E-state index contributed by atoms with van der Waals surface area (Å²) in [5, 5.41) is 9.28. The summed E-state index contributed by atoms with van der Waals surface area (Å²) in [6, 6.07) is 0.322. The second-order valence-corrected chi connectivity index (χ2v) is 7.36. The molecule has 4 aliphatic carbocycles. The van der Waals surface area contributed by atoms with Crippen LogP contribution in [0.2, 0.25) is 0 Å². The van der Waals surface area contributed by atoms with Crippen molar-refractivity contribution < 1.29 is 5.11 Å². The number of likely N-dealkylation sites (N-methyl/N-ethyl adjacent to an activating group) is 1. The minimum absolute atomic E-state index is 0.295. The second-order valence-electron chi connectivity index (χ2n) is 7.36. The van der Waals surface area contributed by atoms with Crippen molar-refractivity contribution in [1.82, 2.24) is 4.90 Å². The van der Waals surface area contributed by atoms with E-state index in [1.165, 1.54) is 45.1 Å². The molecule has 0 aromatic carbocycles. The first-order chi connectivity index (χ1) is 8.10. The first kappa shape index (κ1) is 12.0. The lowest BCUT2D eigenvalue weighted by Crippen LogP contribution is -2.52. The maximum absolute atomic E-state index is 9.28. The number of aliphatic hydroxyl groups excluding tert-OH is 1. The van der Waals surface area contributed by atoms with Crippen molar-refractivity contribution in [1.29, 1.82) is 0 Å². The first-order valence-electron chi connectivity index (χ1n) is 7.41. The van der Waals surface area contributed by atoms with Crippen LogP contribution in [0.5, 0.6) is 0 Å². The standard InChI is InChI=1S/C15H27NO/c1-11(9-17)16(2)10-15-6-12-3-13(7-15)5-14(4-12)8-15/h11-14,17H,3-10H2,1-2H3. The third-order valence-electron chi connectivity index (χ3n) is 5.77. The quantitative estimate of drug-likeness (QED) is 0.812. The molecule has 2 heteroatoms. The van der Waals surface area contributed by atoms with Crippen LogP contribution in [0.15, 0.2) is 0 Å². The van der Waals surface area contributed by atoms with Crippen molar-refractivity contribution in [3.8, 4) is 0 Å². The van der Waals surface area contributed by atoms with Crippen LogP contribution in [0.25, 0.3) is 0 Å². The Balaban J connectivity index is 1.69. The van der Waals surface area contributed by atoms with E-state index in [4.69, 9.17) is 0 Å². The van der Waals surface area contributed by atoms with Crippen LogP contribution in [0.4, 0.5) is 0 Å². The number of hydrogen-bond donors (Lipinski definition) is 1. The molecule has 0 amide bonds. The Kier molecular flexibility index (Phi) is 2.99. The van der Waals surface area contributed by atoms with Gasteiger partial charge in [-0.05, 0) is 75.7 Å². The molecule has 4 fully saturated rings. The minimum atomic E-state index is 0.295. The molecule has 0 aromatic heterocycles. The summed E-state index contributed by atoms with van der Waals surface area (Å²) in [4.78, 5) is 2.40. The molecule has 4 aliphatic rings. The SMILES string of the molecule is CC(CO)N(C)CC12CC3CC(CC(C3)C1)C2. The van der Waals surface area contributed by atoms with Gasteiger partial charge in [-0.25, -0.2) is 0 Å². The molecule has 4 saturated carbocycles. The van der Waals surface area contributed by atoms with Crippen LogP contribution >= 0.6 is 0 Å². The zero-order chi connectivity index (χ0) is 12.0. The molecule has 17 heavy (non-hydrogen) atoms. The number of hydrogen-bond acceptors (Lipinski definition) is 2. The molecule has 0 spiro atoms. The highest BCUT2D eigenvalue weighted by Crippen LogP contribution is 2.60. The summed E-state index contributed by atoms with van der Waals surface area (Å²) < 4.78 is 0. The normalized spacial score (nSPS) is 45.5. The minimum Gasteiger partial charge on any atom is -0.395 e. The highest BCUT2D eigenvalue weighted by atomic mass is 16.3. The fraction of sp³-hybridized carbons (Fsp3) is 1.00. The number of aliphatic hydroxyl groups is 1. The molecule has 1 unspecified atom stereocenters. The summed E-state index contributed by atoms with van der Waals surface area (Å²) in [7, 11) is 2.19. The van der Waals surface area contributed by atoms with Crippen molar-refractivity contribution in [2.75, 3.05) is 20.2 Å². The molecule has 1 atom stereocenters. The van der Waals surface area contributed by atoms with Crippen molar-refractivity contribution in [3.63, 3.8) is 0 Å². The van der Waals surface area contributed by atoms with E-state index in [1.807, 2.05) is 0 Å². The fourth-order valence-corrected chi connectivity index (χ4v) is 5.31. The van der Waals surface area contributed by atoms with Crippen LogP contribution in [-0.2, 0) is 0 Å². The largest absolute Gasteiger partial charge is 0.395 e. The van der Waals surface area contributed by atoms with Gasteiger partial charge in [0.15, 0.2) is 0 Å². The van der Waals surface area contributed by atoms with E-state index in [1.54, 1.807) is 0 Å². The average Bonchev–Trinajstić information content (AvgIpc) is 2.25. The summed E-state index contributed by atoms with van der Waals surface area (Å²) in [5.41, 5.74) is 0.618. The van der Waals surface area contributed by atoms with Gasteiger partial charge in [-0.1, -0.05) is 0 Å². The maximum Gasteiger partial charge on any atom is 0.0584 e. The average molecular weight is 237 g/mol. The van der Waals surface area contributed by atoms with E-state index in [2.05, 4.69) is 18.9 Å². The predicted molar refractivity (Wildman–Crippen MR) is 69.8 cm³/mol. The summed E-state index contributed by atoms with van der Waals surface area (Å²) >= 11 is 0. The first-order valence-corrected chi connectivity index (χ1v) is 7.41. The topological polar surface area (TPSA) is 23.5 Å². The Morgan fingerprint density at radius 3 is 2.00 bits per heavy atom. The Bertz CT molecular complexity index is 253. The zero-order valence-electron chi connectivity index (χ0n) is 11.4. The Morgan fingerprint density at radius 1 is 1.12 bits per heavy atom. The van der Waals surface area contributed by atoms with Crippen LogP contribution in [0.3, 0.4) is 0 Å². The lowest BCUT2D eigenvalue weighted by Gasteiger charge is -2.58. The molecular formula is C15H27NO. The van der Waals surface area contributed by atoms with Crippen molar-refractivity contribution in [2.24, 2.45) is 23.2 Å². The van der Waals surface area contributed by atoms with Gasteiger partial charge in [0.2, 0.25) is 0 Å². The predicted octanol–water partition coefficient (Wildman–Crippen LogP) is 2.52.